The fourth-order valence-electron chi connectivity index (χ4n) is 1.73. The fourth-order valence-corrected chi connectivity index (χ4v) is 1.73. The van der Waals surface area contributed by atoms with Crippen molar-refractivity contribution in [3.8, 4) is 0 Å². The van der Waals surface area contributed by atoms with Crippen molar-refractivity contribution >= 4 is 29.3 Å². The van der Waals surface area contributed by atoms with Crippen molar-refractivity contribution < 1.29 is 34.3 Å². The van der Waals surface area contributed by atoms with Crippen molar-refractivity contribution in [2.75, 3.05) is 12.8 Å². The zero-order valence-corrected chi connectivity index (χ0v) is 10.6. The Balaban J connectivity index is 3.70. The number of aliphatic carboxylic acids is 2. The maximum Gasteiger partial charge on any atom is 0.340 e. The van der Waals surface area contributed by atoms with E-state index in [-0.39, 0.29) is 0 Å². The van der Waals surface area contributed by atoms with Crippen LogP contribution in [0.1, 0.15) is 21.8 Å². The Labute approximate surface area is 116 Å². The van der Waals surface area contributed by atoms with Crippen LogP contribution in [-0.4, -0.2) is 40.2 Å². The standard InChI is InChI=1S/C11H10N2O8/c1-21-11(18)6-4(7(9(14)15)10(16)17)2-3-5(8(6)12)13(19)20/h2-3,7H,12H2,1H3,(H,14,15)(H,16,17). The van der Waals surface area contributed by atoms with E-state index in [9.17, 15) is 24.5 Å². The first-order valence-electron chi connectivity index (χ1n) is 5.33. The van der Waals surface area contributed by atoms with E-state index in [1.165, 1.54) is 0 Å². The number of nitrogens with zero attached hydrogens (tertiary/aromatic N) is 1. The molecule has 0 radical (unpaired) electrons. The largest absolute Gasteiger partial charge is 0.480 e. The number of carboxylic acid groups (broad SMARTS) is 2. The summed E-state index contributed by atoms with van der Waals surface area (Å²) < 4.78 is 4.37. The topological polar surface area (TPSA) is 170 Å². The normalized spacial score (nSPS) is 10.2. The van der Waals surface area contributed by atoms with Gasteiger partial charge in [-0.15, -0.1) is 0 Å². The number of anilines is 1. The lowest BCUT2D eigenvalue weighted by molar-refractivity contribution is -0.383. The second kappa shape index (κ2) is 5.86. The van der Waals surface area contributed by atoms with Gasteiger partial charge in [-0.3, -0.25) is 19.7 Å². The Morgan fingerprint density at radius 2 is 1.81 bits per heavy atom. The molecular weight excluding hydrogens is 288 g/mol. The van der Waals surface area contributed by atoms with E-state index in [0.29, 0.717) is 0 Å². The first-order valence-corrected chi connectivity index (χ1v) is 5.33. The summed E-state index contributed by atoms with van der Waals surface area (Å²) in [4.78, 5) is 43.6. The average Bonchev–Trinajstić information content (AvgIpc) is 2.36. The number of nitrogens with two attached hydrogens (primary N) is 1. The third kappa shape index (κ3) is 2.88. The molecule has 1 aromatic rings. The lowest BCUT2D eigenvalue weighted by Crippen LogP contribution is -2.24. The summed E-state index contributed by atoms with van der Waals surface area (Å²) in [5.41, 5.74) is 3.01. The minimum atomic E-state index is -2.11. The molecule has 0 saturated carbocycles. The maximum absolute atomic E-state index is 11.7. The van der Waals surface area contributed by atoms with Crippen molar-refractivity contribution in [1.29, 1.82) is 0 Å². The van der Waals surface area contributed by atoms with Gasteiger partial charge in [0.15, 0.2) is 5.92 Å². The molecular formula is C11H10N2O8. The highest BCUT2D eigenvalue weighted by molar-refractivity contribution is 6.06. The van der Waals surface area contributed by atoms with Gasteiger partial charge in [-0.25, -0.2) is 4.79 Å². The number of carbonyl (C=O) groups excluding carboxylic acids is 1. The van der Waals surface area contributed by atoms with E-state index in [0.717, 1.165) is 19.2 Å². The number of ether oxygens (including phenoxy) is 1. The third-order valence-corrected chi connectivity index (χ3v) is 2.65. The molecule has 0 amide bonds. The SMILES string of the molecule is COC(=O)c1c(C(C(=O)O)C(=O)O)ccc([N+](=O)[O-])c1N. The Kier molecular flexibility index (Phi) is 4.43. The van der Waals surface area contributed by atoms with E-state index in [1.54, 1.807) is 0 Å². The lowest BCUT2D eigenvalue weighted by Gasteiger charge is -2.14. The number of methoxy groups -OCH3 is 1. The minimum Gasteiger partial charge on any atom is -0.480 e. The summed E-state index contributed by atoms with van der Waals surface area (Å²) in [7, 11) is 0.945. The number of esters is 1. The minimum absolute atomic E-state index is 0.495. The molecule has 0 heterocycles. The molecule has 0 aliphatic heterocycles. The highest BCUT2D eigenvalue weighted by Crippen LogP contribution is 2.33. The Hall–Kier alpha value is -3.17. The predicted molar refractivity (Wildman–Crippen MR) is 66.9 cm³/mol. The summed E-state index contributed by atoms with van der Waals surface area (Å²) in [6, 6.07) is 1.68. The molecule has 0 fully saturated rings. The van der Waals surface area contributed by atoms with Crippen LogP contribution in [0.4, 0.5) is 11.4 Å². The van der Waals surface area contributed by atoms with Gasteiger partial charge in [0, 0.05) is 6.07 Å². The zero-order chi connectivity index (χ0) is 16.3. The molecule has 0 atom stereocenters. The van der Waals surface area contributed by atoms with E-state index in [2.05, 4.69) is 4.74 Å². The van der Waals surface area contributed by atoms with Crippen molar-refractivity contribution in [2.24, 2.45) is 0 Å². The number of benzene rings is 1. The molecule has 1 rings (SSSR count). The zero-order valence-electron chi connectivity index (χ0n) is 10.6. The van der Waals surface area contributed by atoms with Gasteiger partial charge in [-0.1, -0.05) is 0 Å². The molecule has 1 aromatic carbocycles. The number of nitrogen functional groups attached to an aromatic ring is 1. The van der Waals surface area contributed by atoms with Crippen LogP contribution in [0.15, 0.2) is 12.1 Å². The highest BCUT2D eigenvalue weighted by atomic mass is 16.6. The quantitative estimate of drug-likeness (QED) is 0.226. The van der Waals surface area contributed by atoms with Crippen LogP contribution in [0.3, 0.4) is 0 Å². The van der Waals surface area contributed by atoms with Gasteiger partial charge in [0.2, 0.25) is 0 Å². The molecule has 112 valence electrons. The van der Waals surface area contributed by atoms with Gasteiger partial charge in [0.1, 0.15) is 5.69 Å². The van der Waals surface area contributed by atoms with Gasteiger partial charge in [0.05, 0.1) is 17.6 Å². The van der Waals surface area contributed by atoms with Crippen molar-refractivity contribution in [3.63, 3.8) is 0 Å². The average molecular weight is 298 g/mol. The number of carbonyl (C=O) groups is 3. The van der Waals surface area contributed by atoms with E-state index in [1.807, 2.05) is 0 Å². The van der Waals surface area contributed by atoms with E-state index in [4.69, 9.17) is 15.9 Å². The number of carboxylic acids is 2. The van der Waals surface area contributed by atoms with Gasteiger partial charge < -0.3 is 20.7 Å². The second-order valence-electron chi connectivity index (χ2n) is 3.82. The number of rotatable bonds is 5. The molecule has 0 aliphatic carbocycles. The molecule has 0 aromatic heterocycles. The first-order chi connectivity index (χ1) is 9.72. The summed E-state index contributed by atoms with van der Waals surface area (Å²) >= 11 is 0. The van der Waals surface area contributed by atoms with Crippen LogP contribution in [0.25, 0.3) is 0 Å². The van der Waals surface area contributed by atoms with Crippen LogP contribution in [-0.2, 0) is 14.3 Å². The maximum atomic E-state index is 11.7. The first kappa shape index (κ1) is 15.9. The van der Waals surface area contributed by atoms with Gasteiger partial charge >= 0.3 is 17.9 Å². The second-order valence-corrected chi connectivity index (χ2v) is 3.82. The smallest absolute Gasteiger partial charge is 0.340 e. The van der Waals surface area contributed by atoms with Crippen molar-refractivity contribution in [2.45, 2.75) is 5.92 Å². The van der Waals surface area contributed by atoms with Gasteiger partial charge in [-0.05, 0) is 11.6 Å². The number of nitro groups is 1. The number of hydrogen-bond acceptors (Lipinski definition) is 7. The molecule has 0 spiro atoms. The number of nitro benzene ring substituents is 1. The van der Waals surface area contributed by atoms with Crippen LogP contribution in [0.5, 0.6) is 0 Å². The van der Waals surface area contributed by atoms with Crippen LogP contribution >= 0.6 is 0 Å². The molecule has 10 nitrogen and oxygen atoms in total. The molecule has 21 heavy (non-hydrogen) atoms. The summed E-state index contributed by atoms with van der Waals surface area (Å²) in [6.07, 6.45) is 0. The van der Waals surface area contributed by atoms with Gasteiger partial charge in [0.25, 0.3) is 5.69 Å². The van der Waals surface area contributed by atoms with Crippen molar-refractivity contribution in [3.05, 3.63) is 33.4 Å². The monoisotopic (exact) mass is 298 g/mol. The Morgan fingerprint density at radius 1 is 1.29 bits per heavy atom. The van der Waals surface area contributed by atoms with E-state index < -0.39 is 51.3 Å². The molecule has 0 bridgehead atoms. The molecule has 4 N–H and O–H groups in total. The molecule has 0 saturated heterocycles. The van der Waals surface area contributed by atoms with Crippen LogP contribution in [0, 0.1) is 10.1 Å². The molecule has 0 aliphatic rings. The molecule has 10 heteroatoms. The summed E-state index contributed by atoms with van der Waals surface area (Å²) in [5.74, 6) is -6.78. The van der Waals surface area contributed by atoms with Gasteiger partial charge in [-0.2, -0.15) is 0 Å². The molecule has 0 unspecified atom stereocenters. The van der Waals surface area contributed by atoms with Crippen LogP contribution in [0.2, 0.25) is 0 Å². The van der Waals surface area contributed by atoms with Crippen LogP contribution < -0.4 is 5.73 Å². The number of hydrogen-bond donors (Lipinski definition) is 3. The van der Waals surface area contributed by atoms with Crippen molar-refractivity contribution in [1.82, 2.24) is 0 Å². The predicted octanol–water partition coefficient (Wildman–Crippen LogP) is 0.216. The summed E-state index contributed by atoms with van der Waals surface area (Å²) in [6.45, 7) is 0. The highest BCUT2D eigenvalue weighted by Gasteiger charge is 2.35. The summed E-state index contributed by atoms with van der Waals surface area (Å²) in [5, 5.41) is 28.7. The Bertz CT molecular complexity index is 625. The third-order valence-electron chi connectivity index (χ3n) is 2.65. The lowest BCUT2D eigenvalue weighted by atomic mass is 9.92. The fraction of sp³-hybridized carbons (Fsp3) is 0.182. The Morgan fingerprint density at radius 3 is 2.19 bits per heavy atom. The van der Waals surface area contributed by atoms with E-state index >= 15 is 0 Å².